The lowest BCUT2D eigenvalue weighted by molar-refractivity contribution is -0.385. The third-order valence-electron chi connectivity index (χ3n) is 3.14. The maximum Gasteiger partial charge on any atom is 0.338 e. The molecule has 0 aliphatic heterocycles. The Bertz CT molecular complexity index is 544. The summed E-state index contributed by atoms with van der Waals surface area (Å²) in [5.41, 5.74) is -0.298. The molecule has 0 aliphatic carbocycles. The number of carbonyl (C=O) groups is 1. The number of nitrogens with zero attached hydrogens (tertiary/aromatic N) is 1. The molecule has 3 N–H and O–H groups in total. The second kappa shape index (κ2) is 7.11. The van der Waals surface area contributed by atoms with Crippen LogP contribution in [0.4, 0.5) is 5.69 Å². The molecule has 1 rings (SSSR count). The van der Waals surface area contributed by atoms with Crippen molar-refractivity contribution >= 4 is 11.7 Å². The largest absolute Gasteiger partial charge is 0.465 e. The minimum absolute atomic E-state index is 0.00801. The van der Waals surface area contributed by atoms with Crippen molar-refractivity contribution in [2.75, 3.05) is 13.7 Å². The Hall–Kier alpha value is -2.03. The Morgan fingerprint density at radius 3 is 2.52 bits per heavy atom. The molecule has 0 saturated heterocycles. The van der Waals surface area contributed by atoms with Crippen molar-refractivity contribution in [1.29, 1.82) is 0 Å². The van der Waals surface area contributed by atoms with Gasteiger partial charge >= 0.3 is 5.97 Å². The zero-order valence-corrected chi connectivity index (χ0v) is 11.6. The number of aliphatic hydroxyl groups excluding tert-OH is 3. The Kier molecular flexibility index (Phi) is 5.77. The molecule has 0 radical (unpaired) electrons. The average Bonchev–Trinajstić information content (AvgIpc) is 2.45. The van der Waals surface area contributed by atoms with E-state index < -0.39 is 23.1 Å². The predicted molar refractivity (Wildman–Crippen MR) is 71.8 cm³/mol. The zero-order valence-electron chi connectivity index (χ0n) is 11.6. The maximum absolute atomic E-state index is 11.7. The molecule has 21 heavy (non-hydrogen) atoms. The van der Waals surface area contributed by atoms with Gasteiger partial charge < -0.3 is 20.1 Å². The van der Waals surface area contributed by atoms with E-state index in [-0.39, 0.29) is 35.4 Å². The van der Waals surface area contributed by atoms with Gasteiger partial charge in [0.15, 0.2) is 0 Å². The fourth-order valence-corrected chi connectivity index (χ4v) is 1.92. The number of hydrogen-bond donors (Lipinski definition) is 3. The zero-order chi connectivity index (χ0) is 16.2. The first kappa shape index (κ1) is 17.0. The summed E-state index contributed by atoms with van der Waals surface area (Å²) in [4.78, 5) is 22.0. The summed E-state index contributed by atoms with van der Waals surface area (Å²) in [5, 5.41) is 39.4. The van der Waals surface area contributed by atoms with Gasteiger partial charge in [0, 0.05) is 18.2 Å². The number of esters is 1. The van der Waals surface area contributed by atoms with E-state index in [1.807, 2.05) is 0 Å². The Morgan fingerprint density at radius 2 is 2.05 bits per heavy atom. The Balaban J connectivity index is 3.36. The van der Waals surface area contributed by atoms with Gasteiger partial charge in [-0.15, -0.1) is 0 Å². The van der Waals surface area contributed by atoms with E-state index in [0.717, 1.165) is 13.2 Å². The maximum atomic E-state index is 11.7. The topological polar surface area (TPSA) is 130 Å². The summed E-state index contributed by atoms with van der Waals surface area (Å²) in [7, 11) is 1.14. The van der Waals surface area contributed by atoms with Crippen LogP contribution >= 0.6 is 0 Å². The van der Waals surface area contributed by atoms with Crippen molar-refractivity contribution in [3.63, 3.8) is 0 Å². The Morgan fingerprint density at radius 1 is 1.43 bits per heavy atom. The molecular weight excluding hydrogens is 282 g/mol. The second-order valence-electron chi connectivity index (χ2n) is 4.49. The van der Waals surface area contributed by atoms with Gasteiger partial charge in [-0.2, -0.15) is 0 Å². The van der Waals surface area contributed by atoms with E-state index in [2.05, 4.69) is 4.74 Å². The van der Waals surface area contributed by atoms with E-state index in [0.29, 0.717) is 0 Å². The fourth-order valence-electron chi connectivity index (χ4n) is 1.92. The van der Waals surface area contributed by atoms with Crippen molar-refractivity contribution in [3.05, 3.63) is 38.9 Å². The van der Waals surface area contributed by atoms with Crippen LogP contribution in [-0.4, -0.2) is 46.0 Å². The number of nitro groups is 1. The fraction of sp³-hybridized carbons (Fsp3) is 0.462. The van der Waals surface area contributed by atoms with Gasteiger partial charge in [-0.25, -0.2) is 4.79 Å². The SMILES string of the molecule is COC(=O)c1cc(C(O)C(O)CCO)cc([N+](=O)[O-])c1C. The standard InChI is InChI=1S/C13H17NO7/c1-7-9(13(18)21-2)5-8(6-10(7)14(19)20)12(17)11(16)3-4-15/h5-6,11-12,15-17H,3-4H2,1-2H3. The van der Waals surface area contributed by atoms with Crippen LogP contribution < -0.4 is 0 Å². The highest BCUT2D eigenvalue weighted by molar-refractivity contribution is 5.92. The van der Waals surface area contributed by atoms with Crippen LogP contribution in [0, 0.1) is 17.0 Å². The first-order chi connectivity index (χ1) is 9.83. The quantitative estimate of drug-likeness (QED) is 0.395. The van der Waals surface area contributed by atoms with Crippen molar-refractivity contribution in [2.45, 2.75) is 25.6 Å². The number of ether oxygens (including phenoxy) is 1. The number of carbonyl (C=O) groups excluding carboxylic acids is 1. The summed E-state index contributed by atoms with van der Waals surface area (Å²) in [6.45, 7) is 1.04. The van der Waals surface area contributed by atoms with Crippen molar-refractivity contribution in [3.8, 4) is 0 Å². The normalized spacial score (nSPS) is 13.6. The summed E-state index contributed by atoms with van der Waals surface area (Å²) in [6, 6.07) is 2.33. The van der Waals surface area contributed by atoms with E-state index in [4.69, 9.17) is 5.11 Å². The van der Waals surface area contributed by atoms with Gasteiger partial charge in [0.2, 0.25) is 0 Å². The summed E-state index contributed by atoms with van der Waals surface area (Å²) >= 11 is 0. The molecule has 2 unspecified atom stereocenters. The van der Waals surface area contributed by atoms with Crippen LogP contribution in [-0.2, 0) is 4.74 Å². The van der Waals surface area contributed by atoms with Crippen LogP contribution in [0.15, 0.2) is 12.1 Å². The number of methoxy groups -OCH3 is 1. The molecule has 0 bridgehead atoms. The lowest BCUT2D eigenvalue weighted by Crippen LogP contribution is -2.20. The van der Waals surface area contributed by atoms with Gasteiger partial charge in [-0.3, -0.25) is 10.1 Å². The van der Waals surface area contributed by atoms with Crippen molar-refractivity contribution in [2.24, 2.45) is 0 Å². The monoisotopic (exact) mass is 299 g/mol. The molecule has 0 saturated carbocycles. The highest BCUT2D eigenvalue weighted by Crippen LogP contribution is 2.29. The average molecular weight is 299 g/mol. The number of aliphatic hydroxyl groups is 3. The first-order valence-corrected chi connectivity index (χ1v) is 6.17. The van der Waals surface area contributed by atoms with Gasteiger partial charge in [0.25, 0.3) is 5.69 Å². The number of nitro benzene ring substituents is 1. The van der Waals surface area contributed by atoms with E-state index in [9.17, 15) is 25.1 Å². The molecule has 0 heterocycles. The van der Waals surface area contributed by atoms with Crippen LogP contribution in [0.1, 0.15) is 34.0 Å². The molecule has 8 heteroatoms. The van der Waals surface area contributed by atoms with Crippen molar-refractivity contribution in [1.82, 2.24) is 0 Å². The molecule has 2 atom stereocenters. The molecule has 0 fully saturated rings. The summed E-state index contributed by atoms with van der Waals surface area (Å²) in [6.07, 6.45) is -2.86. The lowest BCUT2D eigenvalue weighted by atomic mass is 9.96. The van der Waals surface area contributed by atoms with Crippen LogP contribution in [0.3, 0.4) is 0 Å². The molecular formula is C13H17NO7. The first-order valence-electron chi connectivity index (χ1n) is 6.17. The highest BCUT2D eigenvalue weighted by Gasteiger charge is 2.26. The van der Waals surface area contributed by atoms with Gasteiger partial charge in [-0.1, -0.05) is 0 Å². The van der Waals surface area contributed by atoms with E-state index in [1.54, 1.807) is 0 Å². The van der Waals surface area contributed by atoms with E-state index >= 15 is 0 Å². The molecule has 1 aromatic carbocycles. The second-order valence-corrected chi connectivity index (χ2v) is 4.49. The van der Waals surface area contributed by atoms with E-state index in [1.165, 1.54) is 13.0 Å². The lowest BCUT2D eigenvalue weighted by Gasteiger charge is -2.18. The number of rotatable bonds is 6. The molecule has 0 amide bonds. The molecule has 1 aromatic rings. The molecule has 0 aromatic heterocycles. The minimum Gasteiger partial charge on any atom is -0.465 e. The molecule has 8 nitrogen and oxygen atoms in total. The molecule has 0 aliphatic rings. The van der Waals surface area contributed by atoms with Crippen LogP contribution in [0.2, 0.25) is 0 Å². The molecule has 116 valence electrons. The van der Waals surface area contributed by atoms with Gasteiger partial charge in [0.05, 0.1) is 23.7 Å². The highest BCUT2D eigenvalue weighted by atomic mass is 16.6. The van der Waals surface area contributed by atoms with Crippen LogP contribution in [0.5, 0.6) is 0 Å². The number of hydrogen-bond acceptors (Lipinski definition) is 7. The molecule has 0 spiro atoms. The summed E-state index contributed by atoms with van der Waals surface area (Å²) in [5.74, 6) is -0.777. The smallest absolute Gasteiger partial charge is 0.338 e. The Labute approximate surface area is 120 Å². The van der Waals surface area contributed by atoms with Crippen LogP contribution in [0.25, 0.3) is 0 Å². The minimum atomic E-state index is -1.46. The third kappa shape index (κ3) is 3.75. The van der Waals surface area contributed by atoms with Gasteiger partial charge in [-0.05, 0) is 25.0 Å². The van der Waals surface area contributed by atoms with Crippen molar-refractivity contribution < 1.29 is 29.8 Å². The number of benzene rings is 1. The third-order valence-corrected chi connectivity index (χ3v) is 3.14. The summed E-state index contributed by atoms with van der Waals surface area (Å²) < 4.78 is 4.55. The predicted octanol–water partition coefficient (Wildman–Crippen LogP) is 0.467. The van der Waals surface area contributed by atoms with Gasteiger partial charge in [0.1, 0.15) is 6.10 Å².